The molecule has 0 bridgehead atoms. The standard InChI is InChI=1S/C10H8ClN3O/c1-14-9(6-15)12-10(13-14)7-2-4-8(11)5-3-7/h2-6H,1H3. The number of aromatic nitrogens is 3. The molecule has 0 fully saturated rings. The maximum atomic E-state index is 10.6. The molecule has 0 atom stereocenters. The fourth-order valence-corrected chi connectivity index (χ4v) is 1.35. The van der Waals surface area contributed by atoms with Gasteiger partial charge in [-0.15, -0.1) is 0 Å². The van der Waals surface area contributed by atoms with Gasteiger partial charge in [0.1, 0.15) is 0 Å². The molecule has 1 aromatic heterocycles. The average molecular weight is 222 g/mol. The van der Waals surface area contributed by atoms with Crippen LogP contribution in [0.4, 0.5) is 0 Å². The summed E-state index contributed by atoms with van der Waals surface area (Å²) >= 11 is 5.76. The van der Waals surface area contributed by atoms with Crippen LogP contribution in [0.1, 0.15) is 10.6 Å². The fourth-order valence-electron chi connectivity index (χ4n) is 1.22. The highest BCUT2D eigenvalue weighted by molar-refractivity contribution is 6.30. The first-order chi connectivity index (χ1) is 7.20. The quantitative estimate of drug-likeness (QED) is 0.729. The van der Waals surface area contributed by atoms with Gasteiger partial charge in [-0.3, -0.25) is 4.79 Å². The Morgan fingerprint density at radius 2 is 2.00 bits per heavy atom. The van der Waals surface area contributed by atoms with Crippen molar-refractivity contribution in [3.05, 3.63) is 35.1 Å². The Bertz CT molecular complexity index is 490. The zero-order valence-corrected chi connectivity index (χ0v) is 8.77. The normalized spacial score (nSPS) is 10.3. The Kier molecular flexibility index (Phi) is 2.51. The Labute approximate surface area is 91.5 Å². The second-order valence-corrected chi connectivity index (χ2v) is 3.48. The molecule has 2 rings (SSSR count). The highest BCUT2D eigenvalue weighted by atomic mass is 35.5. The Hall–Kier alpha value is -1.68. The monoisotopic (exact) mass is 221 g/mol. The van der Waals surface area contributed by atoms with Gasteiger partial charge in [-0.2, -0.15) is 5.10 Å². The third kappa shape index (κ3) is 1.89. The van der Waals surface area contributed by atoms with Crippen LogP contribution >= 0.6 is 11.6 Å². The van der Waals surface area contributed by atoms with Crippen molar-refractivity contribution in [1.29, 1.82) is 0 Å². The second-order valence-electron chi connectivity index (χ2n) is 3.04. The summed E-state index contributed by atoms with van der Waals surface area (Å²) in [5.41, 5.74) is 0.836. The number of carbonyl (C=O) groups is 1. The highest BCUT2D eigenvalue weighted by Gasteiger charge is 2.07. The number of hydrogen-bond acceptors (Lipinski definition) is 3. The zero-order chi connectivity index (χ0) is 10.8. The van der Waals surface area contributed by atoms with Gasteiger partial charge >= 0.3 is 0 Å². The molecule has 76 valence electrons. The minimum Gasteiger partial charge on any atom is -0.294 e. The summed E-state index contributed by atoms with van der Waals surface area (Å²) in [7, 11) is 1.68. The second kappa shape index (κ2) is 3.82. The molecule has 0 saturated carbocycles. The minimum atomic E-state index is 0.306. The van der Waals surface area contributed by atoms with E-state index in [1.54, 1.807) is 19.2 Å². The molecule has 0 amide bonds. The van der Waals surface area contributed by atoms with Gasteiger partial charge in [0.15, 0.2) is 17.9 Å². The first-order valence-corrected chi connectivity index (χ1v) is 4.70. The maximum absolute atomic E-state index is 10.6. The van der Waals surface area contributed by atoms with E-state index in [0.29, 0.717) is 23.0 Å². The third-order valence-corrected chi connectivity index (χ3v) is 2.26. The molecule has 1 aromatic carbocycles. The first-order valence-electron chi connectivity index (χ1n) is 4.33. The molecule has 0 unspecified atom stereocenters. The van der Waals surface area contributed by atoms with Gasteiger partial charge < -0.3 is 0 Å². The number of carbonyl (C=O) groups excluding carboxylic acids is 1. The van der Waals surface area contributed by atoms with E-state index in [1.807, 2.05) is 12.1 Å². The largest absolute Gasteiger partial charge is 0.294 e. The molecule has 0 saturated heterocycles. The number of benzene rings is 1. The van der Waals surface area contributed by atoms with Crippen molar-refractivity contribution in [1.82, 2.24) is 14.8 Å². The van der Waals surface area contributed by atoms with Gasteiger partial charge in [-0.25, -0.2) is 9.67 Å². The van der Waals surface area contributed by atoms with Crippen LogP contribution in [0, 0.1) is 0 Å². The topological polar surface area (TPSA) is 47.8 Å². The van der Waals surface area contributed by atoms with E-state index < -0.39 is 0 Å². The van der Waals surface area contributed by atoms with Gasteiger partial charge in [0.2, 0.25) is 0 Å². The number of nitrogens with zero attached hydrogens (tertiary/aromatic N) is 3. The van der Waals surface area contributed by atoms with E-state index in [2.05, 4.69) is 10.1 Å². The molecule has 0 aliphatic carbocycles. The van der Waals surface area contributed by atoms with Crippen LogP contribution < -0.4 is 0 Å². The lowest BCUT2D eigenvalue weighted by Gasteiger charge is -1.93. The molecule has 1 heterocycles. The maximum Gasteiger partial charge on any atom is 0.191 e. The van der Waals surface area contributed by atoms with Crippen molar-refractivity contribution in [2.75, 3.05) is 0 Å². The van der Waals surface area contributed by atoms with Crippen molar-refractivity contribution in [3.8, 4) is 11.4 Å². The summed E-state index contributed by atoms with van der Waals surface area (Å²) in [6.07, 6.45) is 0.673. The van der Waals surface area contributed by atoms with Crippen molar-refractivity contribution in [3.63, 3.8) is 0 Å². The van der Waals surface area contributed by atoms with Crippen molar-refractivity contribution in [2.45, 2.75) is 0 Å². The molecule has 15 heavy (non-hydrogen) atoms. The van der Waals surface area contributed by atoms with E-state index >= 15 is 0 Å². The number of aldehydes is 1. The average Bonchev–Trinajstić information content (AvgIpc) is 2.61. The smallest absolute Gasteiger partial charge is 0.191 e. The highest BCUT2D eigenvalue weighted by Crippen LogP contribution is 2.17. The van der Waals surface area contributed by atoms with E-state index in [9.17, 15) is 4.79 Å². The Morgan fingerprint density at radius 1 is 1.33 bits per heavy atom. The third-order valence-electron chi connectivity index (χ3n) is 2.00. The number of halogens is 1. The van der Waals surface area contributed by atoms with Gasteiger partial charge in [0, 0.05) is 17.6 Å². The summed E-state index contributed by atoms with van der Waals surface area (Å²) in [4.78, 5) is 14.7. The summed E-state index contributed by atoms with van der Waals surface area (Å²) in [5, 5.41) is 4.77. The summed E-state index contributed by atoms with van der Waals surface area (Å²) in [6, 6.07) is 7.14. The molecule has 0 aliphatic rings. The van der Waals surface area contributed by atoms with Crippen LogP contribution in [-0.2, 0) is 7.05 Å². The number of aryl methyl sites for hydroxylation is 1. The van der Waals surface area contributed by atoms with E-state index in [4.69, 9.17) is 11.6 Å². The van der Waals surface area contributed by atoms with E-state index in [1.165, 1.54) is 4.68 Å². The fraction of sp³-hybridized carbons (Fsp3) is 0.100. The van der Waals surface area contributed by atoms with Crippen molar-refractivity contribution >= 4 is 17.9 Å². The molecule has 4 nitrogen and oxygen atoms in total. The lowest BCUT2D eigenvalue weighted by molar-refractivity contribution is 0.111. The van der Waals surface area contributed by atoms with Gasteiger partial charge in [0.25, 0.3) is 0 Å². The molecule has 5 heteroatoms. The lowest BCUT2D eigenvalue weighted by Crippen LogP contribution is -1.96. The van der Waals surface area contributed by atoms with Gasteiger partial charge in [0.05, 0.1) is 0 Å². The van der Waals surface area contributed by atoms with E-state index in [-0.39, 0.29) is 0 Å². The number of hydrogen-bond donors (Lipinski definition) is 0. The number of rotatable bonds is 2. The van der Waals surface area contributed by atoms with Gasteiger partial charge in [-0.05, 0) is 24.3 Å². The lowest BCUT2D eigenvalue weighted by atomic mass is 10.2. The summed E-state index contributed by atoms with van der Waals surface area (Å²) in [6.45, 7) is 0. The predicted octanol–water partition coefficient (Wildman–Crippen LogP) is 1.95. The van der Waals surface area contributed by atoms with Crippen LogP contribution in [-0.4, -0.2) is 21.1 Å². The molecule has 0 radical (unpaired) electrons. The summed E-state index contributed by atoms with van der Waals surface area (Å²) < 4.78 is 1.44. The minimum absolute atomic E-state index is 0.306. The predicted molar refractivity (Wildman–Crippen MR) is 56.8 cm³/mol. The summed E-state index contributed by atoms with van der Waals surface area (Å²) in [5.74, 6) is 0.830. The molecule has 0 N–H and O–H groups in total. The van der Waals surface area contributed by atoms with Gasteiger partial charge in [-0.1, -0.05) is 11.6 Å². The molecular formula is C10H8ClN3O. The molecular weight excluding hydrogens is 214 g/mol. The van der Waals surface area contributed by atoms with E-state index in [0.717, 1.165) is 5.56 Å². The molecule has 2 aromatic rings. The van der Waals surface area contributed by atoms with Crippen LogP contribution in [0.2, 0.25) is 5.02 Å². The SMILES string of the molecule is Cn1nc(-c2ccc(Cl)cc2)nc1C=O. The Morgan fingerprint density at radius 3 is 2.53 bits per heavy atom. The van der Waals surface area contributed by atoms with Crippen LogP contribution in [0.5, 0.6) is 0 Å². The van der Waals surface area contributed by atoms with Crippen LogP contribution in [0.15, 0.2) is 24.3 Å². The van der Waals surface area contributed by atoms with Crippen molar-refractivity contribution in [2.24, 2.45) is 7.05 Å². The Balaban J connectivity index is 2.45. The first kappa shape index (κ1) is 9.86. The van der Waals surface area contributed by atoms with Crippen LogP contribution in [0.25, 0.3) is 11.4 Å². The zero-order valence-electron chi connectivity index (χ0n) is 8.01. The van der Waals surface area contributed by atoms with Crippen molar-refractivity contribution < 1.29 is 4.79 Å². The molecule has 0 spiro atoms. The van der Waals surface area contributed by atoms with Crippen LogP contribution in [0.3, 0.4) is 0 Å². The molecule has 0 aliphatic heterocycles.